The SMILES string of the molecule is C1=CC[C@H](c2ccccc2)C(c2c3ccccc3c(-c3ccccc3-c3ccccc3)c3ccc(-c4ccc(-c5nc6ccccc6n5-c5ccccc5)cc4)cc23)=C1. The molecule has 0 saturated heterocycles. The Balaban J connectivity index is 1.13. The first-order chi connectivity index (χ1) is 29.3. The summed E-state index contributed by atoms with van der Waals surface area (Å²) in [4.78, 5) is 5.15. The number of hydrogen-bond donors (Lipinski definition) is 0. The van der Waals surface area contributed by atoms with Gasteiger partial charge in [0.25, 0.3) is 0 Å². The van der Waals surface area contributed by atoms with Crippen molar-refractivity contribution in [1.29, 1.82) is 0 Å². The van der Waals surface area contributed by atoms with Gasteiger partial charge in [-0.1, -0.05) is 194 Å². The van der Waals surface area contributed by atoms with Gasteiger partial charge in [0.1, 0.15) is 5.82 Å². The molecule has 59 heavy (non-hydrogen) atoms. The Bertz CT molecular complexity index is 3210. The van der Waals surface area contributed by atoms with Gasteiger partial charge < -0.3 is 0 Å². The van der Waals surface area contributed by atoms with Crippen LogP contribution in [0.1, 0.15) is 23.5 Å². The van der Waals surface area contributed by atoms with E-state index in [1.165, 1.54) is 71.6 Å². The summed E-state index contributed by atoms with van der Waals surface area (Å²) in [5.74, 6) is 1.17. The second-order valence-corrected chi connectivity index (χ2v) is 15.4. The van der Waals surface area contributed by atoms with Crippen molar-refractivity contribution >= 4 is 38.2 Å². The smallest absolute Gasteiger partial charge is 0.145 e. The van der Waals surface area contributed by atoms with Crippen LogP contribution in [-0.4, -0.2) is 9.55 Å². The van der Waals surface area contributed by atoms with E-state index in [0.717, 1.165) is 34.5 Å². The zero-order chi connectivity index (χ0) is 39.1. The zero-order valence-electron chi connectivity index (χ0n) is 32.5. The van der Waals surface area contributed by atoms with Crippen molar-refractivity contribution in [2.75, 3.05) is 0 Å². The largest absolute Gasteiger partial charge is 0.292 e. The lowest BCUT2D eigenvalue weighted by molar-refractivity contribution is 0.876. The van der Waals surface area contributed by atoms with E-state index in [1.807, 2.05) is 0 Å². The molecule has 1 aliphatic carbocycles. The third-order valence-electron chi connectivity index (χ3n) is 12.0. The van der Waals surface area contributed by atoms with E-state index in [4.69, 9.17) is 4.98 Å². The van der Waals surface area contributed by atoms with E-state index in [1.54, 1.807) is 0 Å². The van der Waals surface area contributed by atoms with Gasteiger partial charge in [0.15, 0.2) is 0 Å². The number of para-hydroxylation sites is 3. The lowest BCUT2D eigenvalue weighted by Crippen LogP contribution is -2.06. The molecule has 1 heterocycles. The van der Waals surface area contributed by atoms with Gasteiger partial charge >= 0.3 is 0 Å². The van der Waals surface area contributed by atoms with Crippen molar-refractivity contribution in [3.63, 3.8) is 0 Å². The van der Waals surface area contributed by atoms with Gasteiger partial charge in [-0.25, -0.2) is 4.98 Å². The lowest BCUT2D eigenvalue weighted by atomic mass is 9.76. The normalized spacial score (nSPS) is 13.9. The molecule has 0 fully saturated rings. The van der Waals surface area contributed by atoms with E-state index >= 15 is 0 Å². The number of nitrogens with zero attached hydrogens (tertiary/aromatic N) is 2. The number of hydrogen-bond acceptors (Lipinski definition) is 1. The van der Waals surface area contributed by atoms with E-state index in [-0.39, 0.29) is 5.92 Å². The topological polar surface area (TPSA) is 17.8 Å². The standard InChI is InChI=1S/C57H40N2/c1-4-18-40(19-5-1)45-24-10-12-26-47(45)55-49-28-14-15-29-50(49)56(48-27-13-11-25-46(48)41-20-6-2-7-21-41)52-38-43(36-37-51(52)55)39-32-34-42(35-33-39)57-58-53-30-16-17-31-54(53)59(57)44-22-8-3-9-23-44/h1-24,26-38,46H,25H2/t46-/m1/s1. The monoisotopic (exact) mass is 752 g/mol. The van der Waals surface area contributed by atoms with Crippen molar-refractivity contribution in [1.82, 2.24) is 9.55 Å². The van der Waals surface area contributed by atoms with Gasteiger partial charge in [-0.3, -0.25) is 4.57 Å². The van der Waals surface area contributed by atoms with Gasteiger partial charge in [0, 0.05) is 17.2 Å². The summed E-state index contributed by atoms with van der Waals surface area (Å²) in [5, 5.41) is 5.05. The molecule has 0 unspecified atom stereocenters. The predicted molar refractivity (Wildman–Crippen MR) is 249 cm³/mol. The first kappa shape index (κ1) is 34.7. The maximum absolute atomic E-state index is 5.15. The van der Waals surface area contributed by atoms with Crippen LogP contribution in [0.3, 0.4) is 0 Å². The Morgan fingerprint density at radius 2 is 1.03 bits per heavy atom. The van der Waals surface area contributed by atoms with E-state index < -0.39 is 0 Å². The maximum Gasteiger partial charge on any atom is 0.145 e. The molecule has 0 amide bonds. The highest BCUT2D eigenvalue weighted by molar-refractivity contribution is 6.21. The van der Waals surface area contributed by atoms with Gasteiger partial charge in [0.2, 0.25) is 0 Å². The fourth-order valence-corrected chi connectivity index (χ4v) is 9.29. The molecule has 1 aliphatic rings. The Hall–Kier alpha value is -7.55. The van der Waals surface area contributed by atoms with E-state index in [9.17, 15) is 0 Å². The zero-order valence-corrected chi connectivity index (χ0v) is 32.5. The van der Waals surface area contributed by atoms with Crippen molar-refractivity contribution in [2.45, 2.75) is 12.3 Å². The van der Waals surface area contributed by atoms with Crippen molar-refractivity contribution < 1.29 is 0 Å². The quantitative estimate of drug-likeness (QED) is 0.148. The molecule has 9 aromatic carbocycles. The number of allylic oxidation sites excluding steroid dienone is 4. The van der Waals surface area contributed by atoms with Crippen molar-refractivity contribution in [3.8, 4) is 50.5 Å². The minimum Gasteiger partial charge on any atom is -0.292 e. The molecular weight excluding hydrogens is 713 g/mol. The van der Waals surface area contributed by atoms with Crippen LogP contribution in [0.4, 0.5) is 0 Å². The van der Waals surface area contributed by atoms with Gasteiger partial charge in [-0.2, -0.15) is 0 Å². The molecule has 1 atom stereocenters. The molecule has 0 radical (unpaired) electrons. The molecule has 0 aliphatic heterocycles. The van der Waals surface area contributed by atoms with Crippen LogP contribution >= 0.6 is 0 Å². The number of benzene rings is 9. The summed E-state index contributed by atoms with van der Waals surface area (Å²) in [7, 11) is 0. The third kappa shape index (κ3) is 6.09. The molecule has 10 aromatic rings. The molecule has 1 aromatic heterocycles. The highest BCUT2D eigenvalue weighted by atomic mass is 15.1. The van der Waals surface area contributed by atoms with Gasteiger partial charge in [-0.15, -0.1) is 0 Å². The molecule has 0 bridgehead atoms. The highest BCUT2D eigenvalue weighted by Gasteiger charge is 2.26. The third-order valence-corrected chi connectivity index (χ3v) is 12.0. The number of aromatic nitrogens is 2. The summed E-state index contributed by atoms with van der Waals surface area (Å²) in [6, 6.07) is 74.8. The summed E-state index contributed by atoms with van der Waals surface area (Å²) >= 11 is 0. The first-order valence-corrected chi connectivity index (χ1v) is 20.5. The van der Waals surface area contributed by atoms with Crippen LogP contribution < -0.4 is 0 Å². The number of fused-ring (bicyclic) bond motifs is 3. The van der Waals surface area contributed by atoms with E-state index in [0.29, 0.717) is 0 Å². The van der Waals surface area contributed by atoms with Gasteiger partial charge in [0.05, 0.1) is 11.0 Å². The Morgan fingerprint density at radius 1 is 0.441 bits per heavy atom. The van der Waals surface area contributed by atoms with Crippen LogP contribution in [-0.2, 0) is 0 Å². The Labute approximate surface area is 344 Å². The minimum atomic E-state index is 0.238. The predicted octanol–water partition coefficient (Wildman–Crippen LogP) is 15.1. The number of imidazole rings is 1. The average Bonchev–Trinajstić information content (AvgIpc) is 3.71. The minimum absolute atomic E-state index is 0.238. The van der Waals surface area contributed by atoms with E-state index in [2.05, 4.69) is 229 Å². The summed E-state index contributed by atoms with van der Waals surface area (Å²) in [6.07, 6.45) is 7.88. The van der Waals surface area contributed by atoms with Crippen LogP contribution in [0.15, 0.2) is 224 Å². The summed E-state index contributed by atoms with van der Waals surface area (Å²) in [5.41, 5.74) is 15.6. The second kappa shape index (κ2) is 14.8. The Morgan fingerprint density at radius 3 is 1.81 bits per heavy atom. The number of rotatable bonds is 7. The molecule has 2 nitrogen and oxygen atoms in total. The van der Waals surface area contributed by atoms with Crippen molar-refractivity contribution in [3.05, 3.63) is 236 Å². The Kier molecular flexibility index (Phi) is 8.67. The van der Waals surface area contributed by atoms with Crippen LogP contribution in [0, 0.1) is 0 Å². The molecule has 11 rings (SSSR count). The van der Waals surface area contributed by atoms with Gasteiger partial charge in [-0.05, 0) is 108 Å². The fourth-order valence-electron chi connectivity index (χ4n) is 9.29. The molecule has 2 heteroatoms. The van der Waals surface area contributed by atoms with Crippen LogP contribution in [0.25, 0.3) is 88.6 Å². The second-order valence-electron chi connectivity index (χ2n) is 15.4. The van der Waals surface area contributed by atoms with Crippen molar-refractivity contribution in [2.24, 2.45) is 0 Å². The first-order valence-electron chi connectivity index (χ1n) is 20.5. The summed E-state index contributed by atoms with van der Waals surface area (Å²) in [6.45, 7) is 0. The molecule has 0 spiro atoms. The molecule has 0 saturated carbocycles. The lowest BCUT2D eigenvalue weighted by Gasteiger charge is -2.27. The molecular formula is C57H40N2. The highest BCUT2D eigenvalue weighted by Crippen LogP contribution is 2.49. The van der Waals surface area contributed by atoms with Crippen LogP contribution in [0.5, 0.6) is 0 Å². The van der Waals surface area contributed by atoms with Crippen LogP contribution in [0.2, 0.25) is 0 Å². The average molecular weight is 753 g/mol. The molecule has 0 N–H and O–H groups in total. The summed E-state index contributed by atoms with van der Waals surface area (Å²) < 4.78 is 2.27. The fraction of sp³-hybridized carbons (Fsp3) is 0.0351. The molecule has 278 valence electrons. The maximum atomic E-state index is 5.15.